The van der Waals surface area contributed by atoms with Crippen LogP contribution in [0, 0.1) is 0 Å². The van der Waals surface area contributed by atoms with E-state index in [0.717, 1.165) is 11.1 Å². The maximum atomic E-state index is 11.1. The van der Waals surface area contributed by atoms with Gasteiger partial charge in [0.05, 0.1) is 0 Å². The van der Waals surface area contributed by atoms with Gasteiger partial charge >= 0.3 is 0 Å². The Morgan fingerprint density at radius 3 is 2.22 bits per heavy atom. The molecule has 1 heterocycles. The van der Waals surface area contributed by atoms with Crippen LogP contribution in [-0.4, -0.2) is 29.8 Å². The molecule has 0 unspecified atom stereocenters. The van der Waals surface area contributed by atoms with Crippen molar-refractivity contribution >= 4 is 5.91 Å². The average molecular weight is 309 g/mol. The van der Waals surface area contributed by atoms with Gasteiger partial charge in [0.1, 0.15) is 5.75 Å². The summed E-state index contributed by atoms with van der Waals surface area (Å²) in [4.78, 5) is 11.1. The number of likely N-dealkylation sites (N-methyl/N-ethyl adjacent to an activating group) is 1. The van der Waals surface area contributed by atoms with Crippen molar-refractivity contribution in [1.82, 2.24) is 15.5 Å². The molecule has 1 N–H and O–H groups in total. The van der Waals surface area contributed by atoms with Gasteiger partial charge in [0.25, 0.3) is 5.91 Å². The largest absolute Gasteiger partial charge is 0.484 e. The Bertz CT molecular complexity index is 782. The van der Waals surface area contributed by atoms with Gasteiger partial charge in [-0.25, -0.2) is 0 Å². The number of aromatic nitrogens is 2. The Morgan fingerprint density at radius 2 is 1.61 bits per heavy atom. The second-order valence-electron chi connectivity index (χ2n) is 4.76. The van der Waals surface area contributed by atoms with Crippen LogP contribution in [0.2, 0.25) is 0 Å². The van der Waals surface area contributed by atoms with Crippen molar-refractivity contribution in [3.05, 3.63) is 54.6 Å². The minimum atomic E-state index is -0.182. The molecule has 116 valence electrons. The Kier molecular flexibility index (Phi) is 4.33. The van der Waals surface area contributed by atoms with E-state index in [-0.39, 0.29) is 12.5 Å². The molecule has 0 radical (unpaired) electrons. The van der Waals surface area contributed by atoms with Crippen molar-refractivity contribution in [2.24, 2.45) is 0 Å². The predicted molar refractivity (Wildman–Crippen MR) is 84.7 cm³/mol. The fourth-order valence-corrected chi connectivity index (χ4v) is 1.95. The molecule has 3 rings (SSSR count). The average Bonchev–Trinajstić information content (AvgIpc) is 3.11. The van der Waals surface area contributed by atoms with E-state index < -0.39 is 0 Å². The summed E-state index contributed by atoms with van der Waals surface area (Å²) in [7, 11) is 1.56. The SMILES string of the molecule is CNC(=O)COc1ccc(-c2nnc(-c3ccccc3)o2)cc1. The highest BCUT2D eigenvalue weighted by Crippen LogP contribution is 2.25. The summed E-state index contributed by atoms with van der Waals surface area (Å²) in [6.45, 7) is -0.0193. The smallest absolute Gasteiger partial charge is 0.257 e. The molecule has 6 heteroatoms. The lowest BCUT2D eigenvalue weighted by Crippen LogP contribution is -2.24. The lowest BCUT2D eigenvalue weighted by Gasteiger charge is -2.05. The van der Waals surface area contributed by atoms with Gasteiger partial charge in [-0.2, -0.15) is 0 Å². The third kappa shape index (κ3) is 3.55. The highest BCUT2D eigenvalue weighted by atomic mass is 16.5. The summed E-state index contributed by atoms with van der Waals surface area (Å²) in [5.41, 5.74) is 1.66. The third-order valence-electron chi connectivity index (χ3n) is 3.20. The summed E-state index contributed by atoms with van der Waals surface area (Å²) in [5, 5.41) is 10.6. The van der Waals surface area contributed by atoms with E-state index in [4.69, 9.17) is 9.15 Å². The number of carbonyl (C=O) groups is 1. The maximum absolute atomic E-state index is 11.1. The van der Waals surface area contributed by atoms with E-state index >= 15 is 0 Å². The minimum absolute atomic E-state index is 0.0193. The zero-order valence-corrected chi connectivity index (χ0v) is 12.5. The second kappa shape index (κ2) is 6.74. The molecule has 0 bridgehead atoms. The van der Waals surface area contributed by atoms with Crippen LogP contribution in [0.15, 0.2) is 59.0 Å². The van der Waals surface area contributed by atoms with Gasteiger partial charge < -0.3 is 14.5 Å². The molecule has 1 aromatic heterocycles. The van der Waals surface area contributed by atoms with Gasteiger partial charge in [0.15, 0.2) is 6.61 Å². The number of hydrogen-bond donors (Lipinski definition) is 1. The molecule has 0 aliphatic heterocycles. The third-order valence-corrected chi connectivity index (χ3v) is 3.20. The Balaban J connectivity index is 1.73. The number of ether oxygens (including phenoxy) is 1. The summed E-state index contributed by atoms with van der Waals surface area (Å²) in [6, 6.07) is 16.7. The van der Waals surface area contributed by atoms with Crippen LogP contribution in [0.3, 0.4) is 0 Å². The summed E-state index contributed by atoms with van der Waals surface area (Å²) < 4.78 is 11.0. The van der Waals surface area contributed by atoms with Crippen LogP contribution in [-0.2, 0) is 4.79 Å². The van der Waals surface area contributed by atoms with E-state index in [2.05, 4.69) is 15.5 Å². The van der Waals surface area contributed by atoms with E-state index in [1.54, 1.807) is 19.2 Å². The van der Waals surface area contributed by atoms with Gasteiger partial charge in [-0.1, -0.05) is 18.2 Å². The van der Waals surface area contributed by atoms with E-state index in [1.165, 1.54) is 0 Å². The first-order valence-corrected chi connectivity index (χ1v) is 7.09. The number of nitrogens with zero attached hydrogens (tertiary/aromatic N) is 2. The zero-order valence-electron chi connectivity index (χ0n) is 12.5. The molecule has 1 amide bonds. The summed E-state index contributed by atoms with van der Waals surface area (Å²) in [5.74, 6) is 1.32. The molecule has 3 aromatic rings. The fourth-order valence-electron chi connectivity index (χ4n) is 1.95. The first-order valence-electron chi connectivity index (χ1n) is 7.09. The van der Waals surface area contributed by atoms with Gasteiger partial charge in [-0.15, -0.1) is 10.2 Å². The summed E-state index contributed by atoms with van der Waals surface area (Å²) >= 11 is 0. The first kappa shape index (κ1) is 14.8. The molecule has 2 aromatic carbocycles. The molecule has 0 fully saturated rings. The number of amides is 1. The highest BCUT2D eigenvalue weighted by molar-refractivity contribution is 5.77. The summed E-state index contributed by atoms with van der Waals surface area (Å²) in [6.07, 6.45) is 0. The number of hydrogen-bond acceptors (Lipinski definition) is 5. The molecule has 23 heavy (non-hydrogen) atoms. The van der Waals surface area contributed by atoms with Crippen molar-refractivity contribution in [2.45, 2.75) is 0 Å². The Hall–Kier alpha value is -3.15. The number of benzene rings is 2. The number of rotatable bonds is 5. The molecular weight excluding hydrogens is 294 g/mol. The van der Waals surface area contributed by atoms with E-state index in [9.17, 15) is 4.79 Å². The molecule has 0 saturated carbocycles. The molecular formula is C17H15N3O3. The normalized spacial score (nSPS) is 10.3. The predicted octanol–water partition coefficient (Wildman–Crippen LogP) is 2.53. The standard InChI is InChI=1S/C17H15N3O3/c1-18-15(21)11-22-14-9-7-13(8-10-14)17-20-19-16(23-17)12-5-3-2-4-6-12/h2-10H,11H2,1H3,(H,18,21). The number of carbonyl (C=O) groups excluding carboxylic acids is 1. The van der Waals surface area contributed by atoms with E-state index in [0.29, 0.717) is 17.5 Å². The van der Waals surface area contributed by atoms with Crippen LogP contribution in [0.4, 0.5) is 0 Å². The van der Waals surface area contributed by atoms with Gasteiger partial charge in [0, 0.05) is 18.2 Å². The lowest BCUT2D eigenvalue weighted by atomic mass is 10.2. The molecule has 6 nitrogen and oxygen atoms in total. The lowest BCUT2D eigenvalue weighted by molar-refractivity contribution is -0.122. The maximum Gasteiger partial charge on any atom is 0.257 e. The van der Waals surface area contributed by atoms with Gasteiger partial charge in [-0.3, -0.25) is 4.79 Å². The molecule has 0 aliphatic carbocycles. The van der Waals surface area contributed by atoms with Gasteiger partial charge in [0.2, 0.25) is 11.8 Å². The van der Waals surface area contributed by atoms with Crippen molar-refractivity contribution in [3.8, 4) is 28.7 Å². The Morgan fingerprint density at radius 1 is 1.00 bits per heavy atom. The van der Waals surface area contributed by atoms with Crippen LogP contribution < -0.4 is 10.1 Å². The first-order chi connectivity index (χ1) is 11.3. The van der Waals surface area contributed by atoms with Crippen molar-refractivity contribution < 1.29 is 13.9 Å². The van der Waals surface area contributed by atoms with Crippen LogP contribution in [0.25, 0.3) is 22.9 Å². The van der Waals surface area contributed by atoms with Crippen molar-refractivity contribution in [3.63, 3.8) is 0 Å². The topological polar surface area (TPSA) is 77.2 Å². The highest BCUT2D eigenvalue weighted by Gasteiger charge is 2.10. The van der Waals surface area contributed by atoms with Crippen LogP contribution in [0.5, 0.6) is 5.75 Å². The number of nitrogens with one attached hydrogen (secondary N) is 1. The second-order valence-corrected chi connectivity index (χ2v) is 4.76. The van der Waals surface area contributed by atoms with Crippen molar-refractivity contribution in [1.29, 1.82) is 0 Å². The van der Waals surface area contributed by atoms with Crippen LogP contribution in [0.1, 0.15) is 0 Å². The minimum Gasteiger partial charge on any atom is -0.484 e. The fraction of sp³-hybridized carbons (Fsp3) is 0.118. The quantitative estimate of drug-likeness (QED) is 0.783. The van der Waals surface area contributed by atoms with E-state index in [1.807, 2.05) is 42.5 Å². The Labute approximate surface area is 133 Å². The van der Waals surface area contributed by atoms with Crippen molar-refractivity contribution in [2.75, 3.05) is 13.7 Å². The molecule has 0 saturated heterocycles. The molecule has 0 atom stereocenters. The zero-order chi connectivity index (χ0) is 16.1. The monoisotopic (exact) mass is 309 g/mol. The molecule has 0 spiro atoms. The van der Waals surface area contributed by atoms with Crippen LogP contribution >= 0.6 is 0 Å². The van der Waals surface area contributed by atoms with Gasteiger partial charge in [-0.05, 0) is 36.4 Å². The molecule has 0 aliphatic rings.